The van der Waals surface area contributed by atoms with E-state index in [1.54, 1.807) is 6.08 Å². The van der Waals surface area contributed by atoms with Gasteiger partial charge >= 0.3 is 0 Å². The van der Waals surface area contributed by atoms with Crippen molar-refractivity contribution in [3.8, 4) is 11.5 Å². The van der Waals surface area contributed by atoms with E-state index in [1.165, 1.54) is 0 Å². The third-order valence-electron chi connectivity index (χ3n) is 6.38. The van der Waals surface area contributed by atoms with Crippen LogP contribution in [0.4, 0.5) is 0 Å². The molecule has 6 heteroatoms. The minimum atomic E-state index is 0.503. The maximum absolute atomic E-state index is 5.52. The normalized spacial score (nSPS) is 12.8. The molecule has 2 rings (SSSR count). The standard InChI is InChI=1S/C35H38O3S3/c1-7-13-18-30(33(12-6)36-39)27(24-32-29(16-9-3)26(11-5)21-23-35(32)38-41)17-14-19-31-28(15-8-2)25(10-4)20-22-34(31)37-40/h7-18,20-23,39-41H,1,4-5,19,24H2,2-3,6H3/b15-8-,16-9-,17-14?,18-13-,30-27+,33-12+. The topological polar surface area (TPSA) is 27.7 Å². The Morgan fingerprint density at radius 2 is 1.34 bits per heavy atom. The lowest BCUT2D eigenvalue weighted by Gasteiger charge is -2.17. The van der Waals surface area contributed by atoms with E-state index in [-0.39, 0.29) is 0 Å². The summed E-state index contributed by atoms with van der Waals surface area (Å²) in [6, 6.07) is 7.75. The van der Waals surface area contributed by atoms with Crippen molar-refractivity contribution in [3.63, 3.8) is 0 Å². The molecule has 0 aliphatic rings. The van der Waals surface area contributed by atoms with Gasteiger partial charge < -0.3 is 12.5 Å². The smallest absolute Gasteiger partial charge is 0.141 e. The first-order chi connectivity index (χ1) is 20.0. The van der Waals surface area contributed by atoms with Gasteiger partial charge in [0, 0.05) is 61.8 Å². The van der Waals surface area contributed by atoms with E-state index in [2.05, 4.69) is 82.8 Å². The summed E-state index contributed by atoms with van der Waals surface area (Å²) in [5.74, 6) is 1.94. The average molecular weight is 603 g/mol. The van der Waals surface area contributed by atoms with Crippen LogP contribution in [0.3, 0.4) is 0 Å². The van der Waals surface area contributed by atoms with Crippen LogP contribution in [0.25, 0.3) is 24.3 Å². The predicted octanol–water partition coefficient (Wildman–Crippen LogP) is 10.6. The van der Waals surface area contributed by atoms with Crippen molar-refractivity contribution in [1.29, 1.82) is 0 Å². The number of allylic oxidation sites excluding steroid dienone is 9. The van der Waals surface area contributed by atoms with Crippen LogP contribution in [0.5, 0.6) is 11.5 Å². The van der Waals surface area contributed by atoms with Gasteiger partial charge in [-0.3, -0.25) is 0 Å². The number of hydrogen-bond acceptors (Lipinski definition) is 6. The Kier molecular flexibility index (Phi) is 14.9. The van der Waals surface area contributed by atoms with Crippen LogP contribution < -0.4 is 8.37 Å². The zero-order valence-electron chi connectivity index (χ0n) is 23.8. The zero-order valence-corrected chi connectivity index (χ0v) is 26.5. The Labute approximate surface area is 262 Å². The van der Waals surface area contributed by atoms with Gasteiger partial charge in [-0.2, -0.15) is 0 Å². The minimum absolute atomic E-state index is 0.503. The van der Waals surface area contributed by atoms with Crippen LogP contribution >= 0.6 is 38.7 Å². The van der Waals surface area contributed by atoms with Gasteiger partial charge in [0.05, 0.1) is 0 Å². The molecule has 0 fully saturated rings. The molecule has 0 amide bonds. The zero-order chi connectivity index (χ0) is 30.2. The highest BCUT2D eigenvalue weighted by Gasteiger charge is 2.17. The number of thiol groups is 3. The fourth-order valence-corrected chi connectivity index (χ4v) is 5.04. The van der Waals surface area contributed by atoms with E-state index < -0.39 is 0 Å². The average Bonchev–Trinajstić information content (AvgIpc) is 3.00. The molecule has 0 unspecified atom stereocenters. The van der Waals surface area contributed by atoms with E-state index in [9.17, 15) is 0 Å². The Morgan fingerprint density at radius 3 is 1.80 bits per heavy atom. The van der Waals surface area contributed by atoms with E-state index in [4.69, 9.17) is 12.5 Å². The molecule has 2 aromatic rings. The maximum Gasteiger partial charge on any atom is 0.141 e. The number of hydrogen-bond donors (Lipinski definition) is 3. The highest BCUT2D eigenvalue weighted by Crippen LogP contribution is 2.34. The van der Waals surface area contributed by atoms with Crippen molar-refractivity contribution in [2.75, 3.05) is 0 Å². The van der Waals surface area contributed by atoms with Crippen LogP contribution in [-0.4, -0.2) is 0 Å². The highest BCUT2D eigenvalue weighted by molar-refractivity contribution is 7.75. The molecule has 0 aliphatic carbocycles. The van der Waals surface area contributed by atoms with E-state index in [1.807, 2.05) is 87.6 Å². The molecule has 0 saturated carbocycles. The molecule has 0 N–H and O–H groups in total. The minimum Gasteiger partial charge on any atom is -0.429 e. The largest absolute Gasteiger partial charge is 0.429 e. The third-order valence-corrected chi connectivity index (χ3v) is 6.97. The summed E-state index contributed by atoms with van der Waals surface area (Å²) in [4.78, 5) is 0. The van der Waals surface area contributed by atoms with E-state index >= 15 is 0 Å². The maximum atomic E-state index is 5.52. The van der Waals surface area contributed by atoms with Gasteiger partial charge in [-0.1, -0.05) is 98.7 Å². The molecule has 0 atom stereocenters. The van der Waals surface area contributed by atoms with Crippen LogP contribution in [0.2, 0.25) is 0 Å². The molecule has 3 nitrogen and oxygen atoms in total. The van der Waals surface area contributed by atoms with Crippen LogP contribution in [0.1, 0.15) is 54.2 Å². The summed E-state index contributed by atoms with van der Waals surface area (Å²) in [5, 5.41) is 0. The second-order valence-electron chi connectivity index (χ2n) is 8.74. The Hall–Kier alpha value is -3.45. The van der Waals surface area contributed by atoms with Gasteiger partial charge in [0.15, 0.2) is 0 Å². The van der Waals surface area contributed by atoms with Crippen molar-refractivity contribution >= 4 is 63.0 Å². The first-order valence-electron chi connectivity index (χ1n) is 13.1. The molecule has 41 heavy (non-hydrogen) atoms. The van der Waals surface area contributed by atoms with Gasteiger partial charge in [-0.05, 0) is 73.2 Å². The van der Waals surface area contributed by atoms with E-state index in [0.29, 0.717) is 30.1 Å². The van der Waals surface area contributed by atoms with Crippen LogP contribution in [0.15, 0.2) is 110 Å². The molecule has 0 aromatic heterocycles. The molecule has 0 saturated heterocycles. The summed E-state index contributed by atoms with van der Waals surface area (Å²) < 4.78 is 16.4. The van der Waals surface area contributed by atoms with Crippen LogP contribution in [-0.2, 0) is 17.0 Å². The lowest BCUT2D eigenvalue weighted by molar-refractivity contribution is 0.522. The summed E-state index contributed by atoms with van der Waals surface area (Å²) in [7, 11) is 0. The molecule has 2 aromatic carbocycles. The second-order valence-corrected chi connectivity index (χ2v) is 9.29. The molecule has 0 heterocycles. The monoisotopic (exact) mass is 602 g/mol. The van der Waals surface area contributed by atoms with Gasteiger partial charge in [-0.25, -0.2) is 0 Å². The van der Waals surface area contributed by atoms with Gasteiger partial charge in [0.25, 0.3) is 0 Å². The first-order valence-corrected chi connectivity index (χ1v) is 14.2. The Morgan fingerprint density at radius 1 is 0.780 bits per heavy atom. The number of rotatable bonds is 15. The molecular formula is C35H38O3S3. The van der Waals surface area contributed by atoms with Crippen molar-refractivity contribution in [3.05, 3.63) is 143 Å². The highest BCUT2D eigenvalue weighted by atomic mass is 32.1. The summed E-state index contributed by atoms with van der Waals surface area (Å²) in [6.45, 7) is 17.7. The van der Waals surface area contributed by atoms with Crippen molar-refractivity contribution in [2.45, 2.75) is 33.6 Å². The molecule has 0 spiro atoms. The van der Waals surface area contributed by atoms with Gasteiger partial charge in [-0.15, -0.1) is 0 Å². The molecule has 0 aliphatic heterocycles. The molecule has 0 bridgehead atoms. The van der Waals surface area contributed by atoms with Crippen molar-refractivity contribution in [2.24, 2.45) is 0 Å². The Balaban J connectivity index is 2.85. The van der Waals surface area contributed by atoms with Gasteiger partial charge in [0.1, 0.15) is 17.3 Å². The second kappa shape index (κ2) is 18.1. The van der Waals surface area contributed by atoms with Crippen molar-refractivity contribution < 1.29 is 12.5 Å². The third kappa shape index (κ3) is 8.77. The molecular weight excluding hydrogens is 565 g/mol. The fraction of sp³-hybridized carbons (Fsp3) is 0.143. The predicted molar refractivity (Wildman–Crippen MR) is 188 cm³/mol. The number of benzene rings is 2. The molecule has 214 valence electrons. The van der Waals surface area contributed by atoms with Gasteiger partial charge in [0.2, 0.25) is 0 Å². The lowest BCUT2D eigenvalue weighted by atomic mass is 9.90. The van der Waals surface area contributed by atoms with Crippen LogP contribution in [0, 0.1) is 0 Å². The Bertz CT molecular complexity index is 1420. The molecule has 0 radical (unpaired) electrons. The van der Waals surface area contributed by atoms with Crippen molar-refractivity contribution in [1.82, 2.24) is 0 Å². The fourth-order valence-electron chi connectivity index (χ4n) is 4.49. The quantitative estimate of drug-likeness (QED) is 0.0819. The summed E-state index contributed by atoms with van der Waals surface area (Å²) in [5.41, 5.74) is 7.79. The van der Waals surface area contributed by atoms with E-state index in [0.717, 1.165) is 44.5 Å². The SMILES string of the molecule is C=C\C=C/C(=C(/C=CCc1c(OS)ccc(C=C)c1/C=C\C)Cc1c(OS)ccc(C=C)c1/C=C\C)C(=C\C)/OS. The first kappa shape index (κ1) is 33.8. The lowest BCUT2D eigenvalue weighted by Crippen LogP contribution is -2.02. The summed E-state index contributed by atoms with van der Waals surface area (Å²) in [6.07, 6.45) is 24.5. The summed E-state index contributed by atoms with van der Waals surface area (Å²) >= 11 is 12.4.